The standard InChI is InChI=1S/C14H14N2O3/c1-18-13-8-10-11(9-14(13)19-2)16(6-3-5-15)7-4-12(10)17/h4,7-9H,3,6H2,1-2H3. The maximum atomic E-state index is 11.9. The van der Waals surface area contributed by atoms with Gasteiger partial charge in [-0.2, -0.15) is 5.26 Å². The number of methoxy groups -OCH3 is 2. The first-order valence-corrected chi connectivity index (χ1v) is 5.83. The highest BCUT2D eigenvalue weighted by Crippen LogP contribution is 2.30. The Morgan fingerprint density at radius 3 is 2.58 bits per heavy atom. The monoisotopic (exact) mass is 258 g/mol. The van der Waals surface area contributed by atoms with Crippen molar-refractivity contribution in [3.63, 3.8) is 0 Å². The number of fused-ring (bicyclic) bond motifs is 1. The van der Waals surface area contributed by atoms with E-state index < -0.39 is 0 Å². The van der Waals surface area contributed by atoms with Crippen LogP contribution in [-0.2, 0) is 6.54 Å². The summed E-state index contributed by atoms with van der Waals surface area (Å²) in [5, 5.41) is 9.22. The lowest BCUT2D eigenvalue weighted by molar-refractivity contribution is 0.355. The van der Waals surface area contributed by atoms with Crippen molar-refractivity contribution in [1.82, 2.24) is 4.57 Å². The number of rotatable bonds is 4. The highest BCUT2D eigenvalue weighted by Gasteiger charge is 2.10. The van der Waals surface area contributed by atoms with Gasteiger partial charge in [-0.25, -0.2) is 0 Å². The van der Waals surface area contributed by atoms with Crippen LogP contribution in [0.25, 0.3) is 10.9 Å². The molecule has 98 valence electrons. The molecule has 0 aliphatic carbocycles. The van der Waals surface area contributed by atoms with Crippen LogP contribution >= 0.6 is 0 Å². The molecular weight excluding hydrogens is 244 g/mol. The molecule has 2 aromatic rings. The van der Waals surface area contributed by atoms with E-state index in [0.29, 0.717) is 29.9 Å². The zero-order valence-corrected chi connectivity index (χ0v) is 10.8. The molecule has 1 aromatic heterocycles. The Hall–Kier alpha value is -2.48. The zero-order valence-electron chi connectivity index (χ0n) is 10.8. The van der Waals surface area contributed by atoms with Gasteiger partial charge in [-0.05, 0) is 6.07 Å². The van der Waals surface area contributed by atoms with Crippen molar-refractivity contribution in [2.24, 2.45) is 0 Å². The summed E-state index contributed by atoms with van der Waals surface area (Å²) in [5.41, 5.74) is 0.657. The van der Waals surface area contributed by atoms with Gasteiger partial charge in [0.1, 0.15) is 0 Å². The van der Waals surface area contributed by atoms with Crippen LogP contribution in [0, 0.1) is 11.3 Å². The van der Waals surface area contributed by atoms with Gasteiger partial charge in [0, 0.05) is 30.3 Å². The molecule has 1 aromatic carbocycles. The Morgan fingerprint density at radius 1 is 1.26 bits per heavy atom. The van der Waals surface area contributed by atoms with Crippen molar-refractivity contribution in [1.29, 1.82) is 5.26 Å². The number of hydrogen-bond donors (Lipinski definition) is 0. The smallest absolute Gasteiger partial charge is 0.189 e. The fourth-order valence-corrected chi connectivity index (χ4v) is 2.00. The van der Waals surface area contributed by atoms with Gasteiger partial charge in [0.05, 0.1) is 32.2 Å². The second-order valence-corrected chi connectivity index (χ2v) is 4.01. The predicted octanol–water partition coefficient (Wildman–Crippen LogP) is 1.93. The van der Waals surface area contributed by atoms with Gasteiger partial charge in [0.15, 0.2) is 16.9 Å². The van der Waals surface area contributed by atoms with E-state index in [0.717, 1.165) is 5.52 Å². The molecule has 0 aliphatic rings. The van der Waals surface area contributed by atoms with E-state index in [1.807, 2.05) is 4.57 Å². The molecule has 0 radical (unpaired) electrons. The predicted molar refractivity (Wildman–Crippen MR) is 71.5 cm³/mol. The number of nitrogens with zero attached hydrogens (tertiary/aromatic N) is 2. The minimum Gasteiger partial charge on any atom is -0.493 e. The maximum Gasteiger partial charge on any atom is 0.189 e. The van der Waals surface area contributed by atoms with Crippen LogP contribution in [0.2, 0.25) is 0 Å². The van der Waals surface area contributed by atoms with Gasteiger partial charge >= 0.3 is 0 Å². The molecule has 0 amide bonds. The van der Waals surface area contributed by atoms with Crippen LogP contribution in [0.5, 0.6) is 11.5 Å². The minimum absolute atomic E-state index is 0.0795. The summed E-state index contributed by atoms with van der Waals surface area (Å²) in [6.07, 6.45) is 2.07. The molecule has 19 heavy (non-hydrogen) atoms. The molecule has 2 rings (SSSR count). The average Bonchev–Trinajstić information content (AvgIpc) is 2.45. The zero-order chi connectivity index (χ0) is 13.8. The molecule has 5 heteroatoms. The highest BCUT2D eigenvalue weighted by atomic mass is 16.5. The van der Waals surface area contributed by atoms with Crippen molar-refractivity contribution in [2.45, 2.75) is 13.0 Å². The second kappa shape index (κ2) is 5.44. The van der Waals surface area contributed by atoms with Crippen molar-refractivity contribution in [2.75, 3.05) is 14.2 Å². The average molecular weight is 258 g/mol. The summed E-state index contributed by atoms with van der Waals surface area (Å²) in [5.74, 6) is 1.08. The number of aryl methyl sites for hydroxylation is 1. The maximum absolute atomic E-state index is 11.9. The fraction of sp³-hybridized carbons (Fsp3) is 0.286. The van der Waals surface area contributed by atoms with E-state index in [1.54, 1.807) is 25.4 Å². The minimum atomic E-state index is -0.0795. The lowest BCUT2D eigenvalue weighted by atomic mass is 10.1. The molecule has 0 aliphatic heterocycles. The molecule has 0 atom stereocenters. The molecule has 0 saturated heterocycles. The van der Waals surface area contributed by atoms with E-state index in [9.17, 15) is 4.79 Å². The quantitative estimate of drug-likeness (QED) is 0.840. The normalized spacial score (nSPS) is 10.2. The van der Waals surface area contributed by atoms with Crippen LogP contribution < -0.4 is 14.9 Å². The van der Waals surface area contributed by atoms with Crippen LogP contribution in [0.3, 0.4) is 0 Å². The highest BCUT2D eigenvalue weighted by molar-refractivity contribution is 5.83. The molecular formula is C14H14N2O3. The summed E-state index contributed by atoms with van der Waals surface area (Å²) in [7, 11) is 3.07. The molecule has 0 N–H and O–H groups in total. The van der Waals surface area contributed by atoms with Crippen molar-refractivity contribution in [3.05, 3.63) is 34.6 Å². The van der Waals surface area contributed by atoms with E-state index in [1.165, 1.54) is 13.2 Å². The van der Waals surface area contributed by atoms with Gasteiger partial charge in [0.2, 0.25) is 0 Å². The van der Waals surface area contributed by atoms with E-state index in [2.05, 4.69) is 6.07 Å². The molecule has 1 heterocycles. The SMILES string of the molecule is COc1cc2c(=O)ccn(CCC#N)c2cc1OC. The lowest BCUT2D eigenvalue weighted by Gasteiger charge is -2.13. The Bertz CT molecular complexity index is 698. The molecule has 0 spiro atoms. The van der Waals surface area contributed by atoms with Gasteiger partial charge in [-0.15, -0.1) is 0 Å². The number of aromatic nitrogens is 1. The first-order chi connectivity index (χ1) is 9.21. The third kappa shape index (κ3) is 2.38. The number of hydrogen-bond acceptors (Lipinski definition) is 4. The van der Waals surface area contributed by atoms with Crippen LogP contribution in [0.1, 0.15) is 6.42 Å². The third-order valence-electron chi connectivity index (χ3n) is 2.95. The van der Waals surface area contributed by atoms with Gasteiger partial charge in [-0.1, -0.05) is 0 Å². The van der Waals surface area contributed by atoms with Crippen molar-refractivity contribution in [3.8, 4) is 17.6 Å². The van der Waals surface area contributed by atoms with Crippen LogP contribution in [0.4, 0.5) is 0 Å². The molecule has 5 nitrogen and oxygen atoms in total. The third-order valence-corrected chi connectivity index (χ3v) is 2.95. The van der Waals surface area contributed by atoms with Gasteiger partial charge < -0.3 is 14.0 Å². The fourth-order valence-electron chi connectivity index (χ4n) is 2.00. The number of benzene rings is 1. The Labute approximate surface area is 110 Å². The summed E-state index contributed by atoms with van der Waals surface area (Å²) < 4.78 is 12.3. The molecule has 0 saturated carbocycles. The van der Waals surface area contributed by atoms with Crippen LogP contribution in [-0.4, -0.2) is 18.8 Å². The Kier molecular flexibility index (Phi) is 3.71. The topological polar surface area (TPSA) is 64.2 Å². The number of ether oxygens (including phenoxy) is 2. The summed E-state index contributed by atoms with van der Waals surface area (Å²) >= 11 is 0. The first-order valence-electron chi connectivity index (χ1n) is 5.83. The summed E-state index contributed by atoms with van der Waals surface area (Å²) in [4.78, 5) is 11.9. The number of pyridine rings is 1. The van der Waals surface area contributed by atoms with Gasteiger partial charge in [-0.3, -0.25) is 4.79 Å². The van der Waals surface area contributed by atoms with E-state index in [-0.39, 0.29) is 5.43 Å². The molecule has 0 unspecified atom stereocenters. The van der Waals surface area contributed by atoms with Crippen LogP contribution in [0.15, 0.2) is 29.2 Å². The van der Waals surface area contributed by atoms with Gasteiger partial charge in [0.25, 0.3) is 0 Å². The summed E-state index contributed by atoms with van der Waals surface area (Å²) in [6.45, 7) is 0.531. The second-order valence-electron chi connectivity index (χ2n) is 4.01. The van der Waals surface area contributed by atoms with Crippen molar-refractivity contribution >= 4 is 10.9 Å². The Balaban J connectivity index is 2.71. The molecule has 0 fully saturated rings. The Morgan fingerprint density at radius 2 is 1.95 bits per heavy atom. The number of nitriles is 1. The van der Waals surface area contributed by atoms with Crippen molar-refractivity contribution < 1.29 is 9.47 Å². The van der Waals surface area contributed by atoms with E-state index >= 15 is 0 Å². The largest absolute Gasteiger partial charge is 0.493 e. The lowest BCUT2D eigenvalue weighted by Crippen LogP contribution is -2.08. The molecule has 0 bridgehead atoms. The summed E-state index contributed by atoms with van der Waals surface area (Å²) in [6, 6.07) is 7.01. The van der Waals surface area contributed by atoms with E-state index in [4.69, 9.17) is 14.7 Å². The first kappa shape index (κ1) is 13.0.